The fraction of sp³-hybridized carbons (Fsp3) is 0.700. The third-order valence-corrected chi connectivity index (χ3v) is 2.22. The van der Waals surface area contributed by atoms with Crippen molar-refractivity contribution in [1.82, 2.24) is 15.0 Å². The van der Waals surface area contributed by atoms with Gasteiger partial charge in [0.05, 0.1) is 12.6 Å². The number of nitrogens with two attached hydrogens (primary N) is 1. The van der Waals surface area contributed by atoms with Crippen LogP contribution in [0.5, 0.6) is 0 Å². The molecule has 0 aliphatic rings. The van der Waals surface area contributed by atoms with Crippen LogP contribution < -0.4 is 16.0 Å². The summed E-state index contributed by atoms with van der Waals surface area (Å²) in [5, 5.41) is 12.0. The minimum Gasteiger partial charge on any atom is -0.396 e. The Morgan fingerprint density at radius 2 is 2.11 bits per heavy atom. The molecule has 18 heavy (non-hydrogen) atoms. The standard InChI is InChI=1S/C10H20N6O2/c1-16(2)10-14-8(11)13-9(15-10)12-7(4-5-17)6-18-3/h7,17H,4-6H2,1-3H3,(H3,11,12,13,14,15). The molecule has 8 heteroatoms. The van der Waals surface area contributed by atoms with Gasteiger partial charge in [0.25, 0.3) is 0 Å². The topological polar surface area (TPSA) is 109 Å². The smallest absolute Gasteiger partial charge is 0.231 e. The Balaban J connectivity index is 2.81. The van der Waals surface area contributed by atoms with Crippen LogP contribution in [0.15, 0.2) is 0 Å². The number of nitrogen functional groups attached to an aromatic ring is 1. The summed E-state index contributed by atoms with van der Waals surface area (Å²) >= 11 is 0. The van der Waals surface area contributed by atoms with Crippen molar-refractivity contribution in [2.24, 2.45) is 0 Å². The molecule has 8 nitrogen and oxygen atoms in total. The maximum Gasteiger partial charge on any atom is 0.231 e. The quantitative estimate of drug-likeness (QED) is 0.589. The molecule has 0 saturated carbocycles. The molecule has 0 spiro atoms. The van der Waals surface area contributed by atoms with Crippen molar-refractivity contribution < 1.29 is 9.84 Å². The van der Waals surface area contributed by atoms with Gasteiger partial charge in [0.2, 0.25) is 17.8 Å². The molecule has 1 heterocycles. The van der Waals surface area contributed by atoms with Crippen molar-refractivity contribution in [1.29, 1.82) is 0 Å². The molecule has 4 N–H and O–H groups in total. The normalized spacial score (nSPS) is 12.2. The first-order valence-electron chi connectivity index (χ1n) is 5.62. The Bertz CT molecular complexity index is 367. The molecule has 0 aliphatic heterocycles. The average Bonchev–Trinajstić information content (AvgIpc) is 2.28. The minimum atomic E-state index is -0.0724. The third kappa shape index (κ3) is 4.30. The Labute approximate surface area is 106 Å². The van der Waals surface area contributed by atoms with E-state index in [1.165, 1.54) is 0 Å². The number of nitrogens with one attached hydrogen (secondary N) is 1. The van der Waals surface area contributed by atoms with Gasteiger partial charge in [-0.25, -0.2) is 0 Å². The molecule has 1 atom stereocenters. The van der Waals surface area contributed by atoms with Crippen molar-refractivity contribution in [2.45, 2.75) is 12.5 Å². The fourth-order valence-electron chi connectivity index (χ4n) is 1.38. The molecular weight excluding hydrogens is 236 g/mol. The minimum absolute atomic E-state index is 0.0577. The number of hydrogen-bond donors (Lipinski definition) is 3. The van der Waals surface area contributed by atoms with Crippen LogP contribution in [0.1, 0.15) is 6.42 Å². The van der Waals surface area contributed by atoms with E-state index in [9.17, 15) is 0 Å². The van der Waals surface area contributed by atoms with Crippen LogP contribution in [0, 0.1) is 0 Å². The van der Waals surface area contributed by atoms with Gasteiger partial charge in [0.1, 0.15) is 0 Å². The molecule has 0 radical (unpaired) electrons. The Hall–Kier alpha value is -1.67. The van der Waals surface area contributed by atoms with Crippen LogP contribution in [0.25, 0.3) is 0 Å². The highest BCUT2D eigenvalue weighted by atomic mass is 16.5. The van der Waals surface area contributed by atoms with Gasteiger partial charge in [-0.2, -0.15) is 15.0 Å². The first kappa shape index (κ1) is 14.4. The summed E-state index contributed by atoms with van der Waals surface area (Å²) < 4.78 is 5.05. The maximum absolute atomic E-state index is 8.96. The van der Waals surface area contributed by atoms with Crippen molar-refractivity contribution >= 4 is 17.8 Å². The van der Waals surface area contributed by atoms with E-state index >= 15 is 0 Å². The zero-order valence-electron chi connectivity index (χ0n) is 10.9. The molecule has 1 aromatic rings. The van der Waals surface area contributed by atoms with Gasteiger partial charge in [0, 0.05) is 27.8 Å². The highest BCUT2D eigenvalue weighted by Gasteiger charge is 2.12. The van der Waals surface area contributed by atoms with Crippen LogP contribution in [0.3, 0.4) is 0 Å². The molecule has 102 valence electrons. The molecule has 0 aliphatic carbocycles. The summed E-state index contributed by atoms with van der Waals surface area (Å²) in [6.07, 6.45) is 0.538. The monoisotopic (exact) mass is 256 g/mol. The number of rotatable bonds is 7. The summed E-state index contributed by atoms with van der Waals surface area (Å²) in [6.45, 7) is 0.506. The zero-order valence-corrected chi connectivity index (χ0v) is 10.9. The van der Waals surface area contributed by atoms with Crippen molar-refractivity contribution in [2.75, 3.05) is 50.4 Å². The molecule has 0 amide bonds. The molecule has 0 bridgehead atoms. The number of anilines is 3. The Morgan fingerprint density at radius 3 is 2.67 bits per heavy atom. The predicted octanol–water partition coefficient (Wildman–Crippen LogP) is -0.671. The number of ether oxygens (including phenoxy) is 1. The molecule has 1 rings (SSSR count). The third-order valence-electron chi connectivity index (χ3n) is 2.22. The van der Waals surface area contributed by atoms with E-state index in [0.29, 0.717) is 24.9 Å². The van der Waals surface area contributed by atoms with E-state index in [1.54, 1.807) is 12.0 Å². The SMILES string of the molecule is COCC(CCO)Nc1nc(N)nc(N(C)C)n1. The Kier molecular flexibility index (Phi) is 5.53. The lowest BCUT2D eigenvalue weighted by Crippen LogP contribution is -2.28. The van der Waals surface area contributed by atoms with Gasteiger partial charge in [-0.1, -0.05) is 0 Å². The van der Waals surface area contributed by atoms with E-state index in [0.717, 1.165) is 0 Å². The molecular formula is C10H20N6O2. The molecule has 0 aromatic carbocycles. The highest BCUT2D eigenvalue weighted by molar-refractivity contribution is 5.41. The maximum atomic E-state index is 8.96. The van der Waals surface area contributed by atoms with Crippen LogP contribution >= 0.6 is 0 Å². The first-order valence-corrected chi connectivity index (χ1v) is 5.62. The predicted molar refractivity (Wildman–Crippen MR) is 69.6 cm³/mol. The second kappa shape index (κ2) is 6.92. The summed E-state index contributed by atoms with van der Waals surface area (Å²) in [6, 6.07) is -0.0724. The van der Waals surface area contributed by atoms with Gasteiger partial charge in [-0.3, -0.25) is 0 Å². The van der Waals surface area contributed by atoms with Gasteiger partial charge in [-0.05, 0) is 6.42 Å². The lowest BCUT2D eigenvalue weighted by atomic mass is 10.2. The second-order valence-electron chi connectivity index (χ2n) is 4.02. The number of aromatic nitrogens is 3. The lowest BCUT2D eigenvalue weighted by Gasteiger charge is -2.18. The molecule has 1 aromatic heterocycles. The van der Waals surface area contributed by atoms with Crippen molar-refractivity contribution in [3.63, 3.8) is 0 Å². The van der Waals surface area contributed by atoms with Gasteiger partial charge < -0.3 is 25.8 Å². The summed E-state index contributed by atoms with van der Waals surface area (Å²) in [5.41, 5.74) is 5.61. The van der Waals surface area contributed by atoms with Crippen LogP contribution in [0.2, 0.25) is 0 Å². The van der Waals surface area contributed by atoms with Crippen LogP contribution in [0.4, 0.5) is 17.8 Å². The Morgan fingerprint density at radius 1 is 1.39 bits per heavy atom. The molecule has 0 fully saturated rings. The number of methoxy groups -OCH3 is 1. The van der Waals surface area contributed by atoms with E-state index in [2.05, 4.69) is 20.3 Å². The summed E-state index contributed by atoms with van der Waals surface area (Å²) in [4.78, 5) is 13.9. The first-order chi connectivity index (χ1) is 8.56. The number of nitrogens with zero attached hydrogens (tertiary/aromatic N) is 4. The number of aliphatic hydroxyl groups is 1. The largest absolute Gasteiger partial charge is 0.396 e. The van der Waals surface area contributed by atoms with E-state index < -0.39 is 0 Å². The lowest BCUT2D eigenvalue weighted by molar-refractivity contribution is 0.170. The molecule has 0 saturated heterocycles. The zero-order chi connectivity index (χ0) is 13.5. The average molecular weight is 256 g/mol. The van der Waals surface area contributed by atoms with Gasteiger partial charge >= 0.3 is 0 Å². The van der Waals surface area contributed by atoms with E-state index in [-0.39, 0.29) is 18.6 Å². The summed E-state index contributed by atoms with van der Waals surface area (Å²) in [5.74, 6) is 1.00. The summed E-state index contributed by atoms with van der Waals surface area (Å²) in [7, 11) is 5.23. The van der Waals surface area contributed by atoms with Crippen LogP contribution in [-0.4, -0.2) is 60.5 Å². The van der Waals surface area contributed by atoms with Crippen LogP contribution in [-0.2, 0) is 4.74 Å². The number of aliphatic hydroxyl groups excluding tert-OH is 1. The van der Waals surface area contributed by atoms with E-state index in [1.807, 2.05) is 14.1 Å². The van der Waals surface area contributed by atoms with Crippen molar-refractivity contribution in [3.05, 3.63) is 0 Å². The van der Waals surface area contributed by atoms with E-state index in [4.69, 9.17) is 15.6 Å². The molecule has 1 unspecified atom stereocenters. The van der Waals surface area contributed by atoms with Crippen molar-refractivity contribution in [3.8, 4) is 0 Å². The van der Waals surface area contributed by atoms with Gasteiger partial charge in [-0.15, -0.1) is 0 Å². The van der Waals surface area contributed by atoms with Gasteiger partial charge in [0.15, 0.2) is 0 Å². The fourth-order valence-corrected chi connectivity index (χ4v) is 1.38. The second-order valence-corrected chi connectivity index (χ2v) is 4.02. The highest BCUT2D eigenvalue weighted by Crippen LogP contribution is 2.11. The number of hydrogen-bond acceptors (Lipinski definition) is 8.